The van der Waals surface area contributed by atoms with Crippen LogP contribution in [0.5, 0.6) is 0 Å². The second kappa shape index (κ2) is 13.6. The molecule has 0 aromatic rings. The molecule has 0 saturated carbocycles. The van der Waals surface area contributed by atoms with Gasteiger partial charge in [-0.1, -0.05) is 64.0 Å². The minimum atomic E-state index is -0.665. The second-order valence-corrected chi connectivity index (χ2v) is 5.58. The van der Waals surface area contributed by atoms with Crippen LogP contribution >= 0.6 is 0 Å². The van der Waals surface area contributed by atoms with Gasteiger partial charge < -0.3 is 5.11 Å². The van der Waals surface area contributed by atoms with Crippen LogP contribution in [0.1, 0.15) is 90.4 Å². The smallest absolute Gasteiger partial charge is 0.303 e. The molecule has 0 aromatic heterocycles. The lowest BCUT2D eigenvalue weighted by Crippen LogP contribution is -1.93. The Hall–Kier alpha value is -0.790. The standard InChI is InChI=1S/C17H32O2/c1-3-4-10-13-16(2)14-11-8-6-5-7-9-12-15-17(18)19/h2-15H2,1H3,(H,18,19). The Bertz CT molecular complexity index is 233. The highest BCUT2D eigenvalue weighted by molar-refractivity contribution is 5.66. The Morgan fingerprint density at radius 2 is 1.21 bits per heavy atom. The van der Waals surface area contributed by atoms with Crippen LogP contribution in [0, 0.1) is 0 Å². The zero-order valence-electron chi connectivity index (χ0n) is 12.8. The van der Waals surface area contributed by atoms with E-state index in [4.69, 9.17) is 5.11 Å². The summed E-state index contributed by atoms with van der Waals surface area (Å²) in [5.74, 6) is -0.665. The van der Waals surface area contributed by atoms with Crippen molar-refractivity contribution in [2.24, 2.45) is 0 Å². The van der Waals surface area contributed by atoms with Gasteiger partial charge in [0.1, 0.15) is 0 Å². The lowest BCUT2D eigenvalue weighted by atomic mass is 10.0. The van der Waals surface area contributed by atoms with Gasteiger partial charge in [0.15, 0.2) is 0 Å². The van der Waals surface area contributed by atoms with Crippen LogP contribution in [0.2, 0.25) is 0 Å². The second-order valence-electron chi connectivity index (χ2n) is 5.58. The predicted molar refractivity (Wildman–Crippen MR) is 82.5 cm³/mol. The average molecular weight is 268 g/mol. The molecule has 0 spiro atoms. The van der Waals surface area contributed by atoms with Gasteiger partial charge in [-0.05, 0) is 32.1 Å². The maximum Gasteiger partial charge on any atom is 0.303 e. The summed E-state index contributed by atoms with van der Waals surface area (Å²) in [6, 6.07) is 0. The molecule has 19 heavy (non-hydrogen) atoms. The van der Waals surface area contributed by atoms with Crippen LogP contribution in [-0.4, -0.2) is 11.1 Å². The molecule has 0 amide bonds. The molecule has 0 atom stereocenters. The van der Waals surface area contributed by atoms with Crippen LogP contribution in [-0.2, 0) is 4.79 Å². The number of carbonyl (C=O) groups is 1. The fraction of sp³-hybridized carbons (Fsp3) is 0.824. The van der Waals surface area contributed by atoms with E-state index in [2.05, 4.69) is 13.5 Å². The van der Waals surface area contributed by atoms with Crippen molar-refractivity contribution in [1.82, 2.24) is 0 Å². The highest BCUT2D eigenvalue weighted by atomic mass is 16.4. The molecule has 0 radical (unpaired) electrons. The van der Waals surface area contributed by atoms with E-state index in [1.165, 1.54) is 69.8 Å². The zero-order chi connectivity index (χ0) is 14.3. The highest BCUT2D eigenvalue weighted by Gasteiger charge is 1.98. The number of unbranched alkanes of at least 4 members (excludes halogenated alkanes) is 8. The van der Waals surface area contributed by atoms with E-state index in [-0.39, 0.29) is 0 Å². The molecule has 0 aromatic carbocycles. The van der Waals surface area contributed by atoms with Crippen molar-refractivity contribution in [3.8, 4) is 0 Å². The molecule has 0 saturated heterocycles. The molecule has 0 bridgehead atoms. The first-order valence-corrected chi connectivity index (χ1v) is 8.05. The van der Waals surface area contributed by atoms with Crippen molar-refractivity contribution in [3.05, 3.63) is 12.2 Å². The number of allylic oxidation sites excluding steroid dienone is 1. The average Bonchev–Trinajstić information content (AvgIpc) is 2.36. The van der Waals surface area contributed by atoms with Crippen LogP contribution in [0.25, 0.3) is 0 Å². The minimum absolute atomic E-state index is 0.331. The topological polar surface area (TPSA) is 37.3 Å². The van der Waals surface area contributed by atoms with Gasteiger partial charge in [0.25, 0.3) is 0 Å². The maximum atomic E-state index is 10.3. The van der Waals surface area contributed by atoms with Crippen molar-refractivity contribution in [1.29, 1.82) is 0 Å². The lowest BCUT2D eigenvalue weighted by molar-refractivity contribution is -0.137. The minimum Gasteiger partial charge on any atom is -0.481 e. The lowest BCUT2D eigenvalue weighted by Gasteiger charge is -2.05. The molecule has 0 fully saturated rings. The molecule has 0 aliphatic rings. The van der Waals surface area contributed by atoms with E-state index in [1.54, 1.807) is 0 Å². The van der Waals surface area contributed by atoms with Crippen molar-refractivity contribution >= 4 is 5.97 Å². The molecule has 2 nitrogen and oxygen atoms in total. The maximum absolute atomic E-state index is 10.3. The van der Waals surface area contributed by atoms with Crippen molar-refractivity contribution in [2.75, 3.05) is 0 Å². The van der Waals surface area contributed by atoms with E-state index < -0.39 is 5.97 Å². The molecule has 1 N–H and O–H groups in total. The van der Waals surface area contributed by atoms with Crippen LogP contribution in [0.4, 0.5) is 0 Å². The van der Waals surface area contributed by atoms with E-state index in [0.717, 1.165) is 12.8 Å². The summed E-state index contributed by atoms with van der Waals surface area (Å²) in [7, 11) is 0. The van der Waals surface area contributed by atoms with Crippen molar-refractivity contribution in [2.45, 2.75) is 90.4 Å². The summed E-state index contributed by atoms with van der Waals surface area (Å²) < 4.78 is 0. The molecule has 0 aliphatic carbocycles. The van der Waals surface area contributed by atoms with Crippen molar-refractivity contribution < 1.29 is 9.90 Å². The quantitative estimate of drug-likeness (QED) is 0.323. The number of carboxylic acid groups (broad SMARTS) is 1. The van der Waals surface area contributed by atoms with Gasteiger partial charge in [0.2, 0.25) is 0 Å². The van der Waals surface area contributed by atoms with Gasteiger partial charge in [-0.2, -0.15) is 0 Å². The van der Waals surface area contributed by atoms with Gasteiger partial charge in [-0.3, -0.25) is 4.79 Å². The van der Waals surface area contributed by atoms with E-state index in [9.17, 15) is 4.79 Å². The van der Waals surface area contributed by atoms with Crippen LogP contribution in [0.3, 0.4) is 0 Å². The highest BCUT2D eigenvalue weighted by Crippen LogP contribution is 2.16. The first kappa shape index (κ1) is 18.2. The third-order valence-corrected chi connectivity index (χ3v) is 3.55. The third kappa shape index (κ3) is 15.2. The first-order chi connectivity index (χ1) is 9.16. The summed E-state index contributed by atoms with van der Waals surface area (Å²) in [5.41, 5.74) is 1.43. The number of aliphatic carboxylic acids is 1. The van der Waals surface area contributed by atoms with E-state index in [0.29, 0.717) is 6.42 Å². The van der Waals surface area contributed by atoms with Gasteiger partial charge in [0, 0.05) is 6.42 Å². The van der Waals surface area contributed by atoms with E-state index >= 15 is 0 Å². The normalized spacial score (nSPS) is 10.6. The fourth-order valence-electron chi connectivity index (χ4n) is 2.29. The summed E-state index contributed by atoms with van der Waals surface area (Å²) >= 11 is 0. The monoisotopic (exact) mass is 268 g/mol. The fourth-order valence-corrected chi connectivity index (χ4v) is 2.29. The summed E-state index contributed by atoms with van der Waals surface area (Å²) in [4.78, 5) is 10.3. The molecule has 0 aliphatic heterocycles. The van der Waals surface area contributed by atoms with Gasteiger partial charge in [-0.25, -0.2) is 0 Å². The Morgan fingerprint density at radius 3 is 1.68 bits per heavy atom. The number of rotatable bonds is 14. The van der Waals surface area contributed by atoms with Gasteiger partial charge in [-0.15, -0.1) is 0 Å². The molecule has 0 unspecified atom stereocenters. The Labute approximate surface area is 119 Å². The molecular weight excluding hydrogens is 236 g/mol. The van der Waals surface area contributed by atoms with Crippen LogP contribution < -0.4 is 0 Å². The molecule has 0 heterocycles. The SMILES string of the molecule is C=C(CCCCC)CCCCCCCCCC(=O)O. The zero-order valence-corrected chi connectivity index (χ0v) is 12.8. The molecule has 112 valence electrons. The first-order valence-electron chi connectivity index (χ1n) is 8.05. The molecular formula is C17H32O2. The van der Waals surface area contributed by atoms with E-state index in [1.807, 2.05) is 0 Å². The Morgan fingerprint density at radius 1 is 0.789 bits per heavy atom. The summed E-state index contributed by atoms with van der Waals surface area (Å²) in [6.07, 6.45) is 14.9. The third-order valence-electron chi connectivity index (χ3n) is 3.55. The van der Waals surface area contributed by atoms with Crippen LogP contribution in [0.15, 0.2) is 12.2 Å². The van der Waals surface area contributed by atoms with Gasteiger partial charge >= 0.3 is 5.97 Å². The van der Waals surface area contributed by atoms with Crippen molar-refractivity contribution in [3.63, 3.8) is 0 Å². The number of carboxylic acids is 1. The molecule has 0 rings (SSSR count). The number of hydrogen-bond donors (Lipinski definition) is 1. The number of hydrogen-bond acceptors (Lipinski definition) is 1. The largest absolute Gasteiger partial charge is 0.481 e. The Kier molecular flexibility index (Phi) is 13.1. The van der Waals surface area contributed by atoms with Gasteiger partial charge in [0.05, 0.1) is 0 Å². The molecule has 2 heteroatoms. The summed E-state index contributed by atoms with van der Waals surface area (Å²) in [6.45, 7) is 6.38. The predicted octanol–water partition coefficient (Wildman–Crippen LogP) is 5.72. The Balaban J connectivity index is 3.13. The summed E-state index contributed by atoms with van der Waals surface area (Å²) in [5, 5.41) is 8.51.